The Hall–Kier alpha value is -2.74. The van der Waals surface area contributed by atoms with Crippen molar-refractivity contribution in [3.63, 3.8) is 0 Å². The Kier molecular flexibility index (Phi) is 5.03. The molecule has 1 aliphatic rings. The summed E-state index contributed by atoms with van der Waals surface area (Å²) in [5, 5.41) is 13.7. The van der Waals surface area contributed by atoms with Crippen LogP contribution in [0.1, 0.15) is 12.0 Å². The fraction of sp³-hybridized carbons (Fsp3) is 0.222. The van der Waals surface area contributed by atoms with Crippen molar-refractivity contribution in [2.45, 2.75) is 13.3 Å². The fourth-order valence-electron chi connectivity index (χ4n) is 2.88. The van der Waals surface area contributed by atoms with Crippen LogP contribution in [-0.4, -0.2) is 23.3 Å². The zero-order valence-corrected chi connectivity index (χ0v) is 15.5. The zero-order chi connectivity index (χ0) is 18.8. The Bertz CT molecular complexity index is 883. The Balaban J connectivity index is 1.71. The SMILES string of the molecule is Cc1ccc(NC(=O)[C@H]2CC(=O)N(c3ccc(Br)cc3)C2)cc1[N+](=O)[O-]. The molecular weight excluding hydrogens is 402 g/mol. The van der Waals surface area contributed by atoms with Gasteiger partial charge in [-0.2, -0.15) is 0 Å². The number of nitrogens with one attached hydrogen (secondary N) is 1. The van der Waals surface area contributed by atoms with Gasteiger partial charge in [-0.15, -0.1) is 0 Å². The number of anilines is 2. The first kappa shape index (κ1) is 18.1. The number of benzene rings is 2. The highest BCUT2D eigenvalue weighted by molar-refractivity contribution is 9.10. The van der Waals surface area contributed by atoms with Crippen LogP contribution in [0.5, 0.6) is 0 Å². The average Bonchev–Trinajstić information content (AvgIpc) is 2.99. The number of aryl methyl sites for hydroxylation is 1. The van der Waals surface area contributed by atoms with E-state index < -0.39 is 10.8 Å². The summed E-state index contributed by atoms with van der Waals surface area (Å²) in [4.78, 5) is 36.9. The maximum absolute atomic E-state index is 12.5. The summed E-state index contributed by atoms with van der Waals surface area (Å²) < 4.78 is 0.906. The third kappa shape index (κ3) is 3.75. The number of nitrogens with zero attached hydrogens (tertiary/aromatic N) is 2. The van der Waals surface area contributed by atoms with E-state index in [0.717, 1.165) is 10.2 Å². The van der Waals surface area contributed by atoms with E-state index in [1.165, 1.54) is 6.07 Å². The van der Waals surface area contributed by atoms with Crippen LogP contribution >= 0.6 is 15.9 Å². The van der Waals surface area contributed by atoms with E-state index in [1.807, 2.05) is 24.3 Å². The maximum Gasteiger partial charge on any atom is 0.274 e. The monoisotopic (exact) mass is 417 g/mol. The van der Waals surface area contributed by atoms with Gasteiger partial charge in [0.2, 0.25) is 11.8 Å². The third-order valence-corrected chi connectivity index (χ3v) is 4.84. The molecule has 26 heavy (non-hydrogen) atoms. The topological polar surface area (TPSA) is 92.6 Å². The Labute approximate surface area is 158 Å². The van der Waals surface area contributed by atoms with E-state index in [0.29, 0.717) is 11.3 Å². The average molecular weight is 418 g/mol. The van der Waals surface area contributed by atoms with Crippen molar-refractivity contribution < 1.29 is 14.5 Å². The van der Waals surface area contributed by atoms with E-state index in [9.17, 15) is 19.7 Å². The van der Waals surface area contributed by atoms with Crippen LogP contribution in [0.3, 0.4) is 0 Å². The normalized spacial score (nSPS) is 16.6. The van der Waals surface area contributed by atoms with Crippen LogP contribution in [0.15, 0.2) is 46.9 Å². The molecular formula is C18H16BrN3O4. The van der Waals surface area contributed by atoms with E-state index in [-0.39, 0.29) is 30.5 Å². The van der Waals surface area contributed by atoms with E-state index >= 15 is 0 Å². The third-order valence-electron chi connectivity index (χ3n) is 4.31. The molecule has 0 aromatic heterocycles. The van der Waals surface area contributed by atoms with Crippen molar-refractivity contribution in [3.8, 4) is 0 Å². The molecule has 0 unspecified atom stereocenters. The van der Waals surface area contributed by atoms with Crippen molar-refractivity contribution in [3.05, 3.63) is 62.6 Å². The van der Waals surface area contributed by atoms with Crippen LogP contribution < -0.4 is 10.2 Å². The lowest BCUT2D eigenvalue weighted by atomic mass is 10.1. The molecule has 1 fully saturated rings. The molecule has 1 heterocycles. The molecule has 1 saturated heterocycles. The second-order valence-corrected chi connectivity index (χ2v) is 7.05. The molecule has 0 aliphatic carbocycles. The van der Waals surface area contributed by atoms with Crippen LogP contribution in [0.25, 0.3) is 0 Å². The zero-order valence-electron chi connectivity index (χ0n) is 13.9. The van der Waals surface area contributed by atoms with Gasteiger partial charge in [-0.25, -0.2) is 0 Å². The lowest BCUT2D eigenvalue weighted by molar-refractivity contribution is -0.385. The molecule has 7 nitrogen and oxygen atoms in total. The lowest BCUT2D eigenvalue weighted by Crippen LogP contribution is -2.28. The molecule has 1 aliphatic heterocycles. The first-order valence-electron chi connectivity index (χ1n) is 7.97. The van der Waals surface area contributed by atoms with Gasteiger partial charge in [-0.1, -0.05) is 22.0 Å². The Morgan fingerprint density at radius 3 is 2.62 bits per heavy atom. The number of hydrogen-bond donors (Lipinski definition) is 1. The summed E-state index contributed by atoms with van der Waals surface area (Å²) in [5.74, 6) is -0.954. The minimum Gasteiger partial charge on any atom is -0.326 e. The van der Waals surface area contributed by atoms with Crippen molar-refractivity contribution in [1.29, 1.82) is 0 Å². The highest BCUT2D eigenvalue weighted by atomic mass is 79.9. The van der Waals surface area contributed by atoms with E-state index in [1.54, 1.807) is 24.0 Å². The van der Waals surface area contributed by atoms with Crippen LogP contribution in [-0.2, 0) is 9.59 Å². The number of amides is 2. The summed E-state index contributed by atoms with van der Waals surface area (Å²) >= 11 is 3.35. The van der Waals surface area contributed by atoms with Gasteiger partial charge >= 0.3 is 0 Å². The maximum atomic E-state index is 12.5. The molecule has 0 radical (unpaired) electrons. The largest absolute Gasteiger partial charge is 0.326 e. The Morgan fingerprint density at radius 1 is 1.27 bits per heavy atom. The quantitative estimate of drug-likeness (QED) is 0.606. The summed E-state index contributed by atoms with van der Waals surface area (Å²) in [6.07, 6.45) is 0.107. The second-order valence-electron chi connectivity index (χ2n) is 6.13. The van der Waals surface area contributed by atoms with Gasteiger partial charge < -0.3 is 10.2 Å². The highest BCUT2D eigenvalue weighted by Crippen LogP contribution is 2.28. The smallest absolute Gasteiger partial charge is 0.274 e. The standard InChI is InChI=1S/C18H16BrN3O4/c1-11-2-5-14(9-16(11)22(25)26)20-18(24)12-8-17(23)21(10-12)15-6-3-13(19)4-7-15/h2-7,9,12H,8,10H2,1H3,(H,20,24)/t12-/m0/s1. The molecule has 2 aromatic carbocycles. The molecule has 2 amide bonds. The van der Waals surface area contributed by atoms with Crippen molar-refractivity contribution >= 4 is 44.8 Å². The predicted octanol–water partition coefficient (Wildman–Crippen LogP) is 3.66. The first-order valence-corrected chi connectivity index (χ1v) is 8.76. The van der Waals surface area contributed by atoms with Gasteiger partial charge in [-0.3, -0.25) is 19.7 Å². The van der Waals surface area contributed by atoms with Gasteiger partial charge in [0.25, 0.3) is 5.69 Å². The van der Waals surface area contributed by atoms with Gasteiger partial charge in [0, 0.05) is 40.4 Å². The molecule has 1 N–H and O–H groups in total. The number of carbonyl (C=O) groups excluding carboxylic acids is 2. The molecule has 0 saturated carbocycles. The number of carbonyl (C=O) groups is 2. The molecule has 2 aromatic rings. The Morgan fingerprint density at radius 2 is 1.96 bits per heavy atom. The van der Waals surface area contributed by atoms with Crippen LogP contribution in [0.4, 0.5) is 17.1 Å². The van der Waals surface area contributed by atoms with Crippen LogP contribution in [0, 0.1) is 23.0 Å². The fourth-order valence-corrected chi connectivity index (χ4v) is 3.15. The number of hydrogen-bond acceptors (Lipinski definition) is 4. The number of halogens is 1. The van der Waals surface area contributed by atoms with E-state index in [4.69, 9.17) is 0 Å². The lowest BCUT2D eigenvalue weighted by Gasteiger charge is -2.16. The predicted molar refractivity (Wildman–Crippen MR) is 101 cm³/mol. The summed E-state index contributed by atoms with van der Waals surface area (Å²) in [6, 6.07) is 11.8. The van der Waals surface area contributed by atoms with Crippen LogP contribution in [0.2, 0.25) is 0 Å². The second kappa shape index (κ2) is 7.25. The molecule has 0 bridgehead atoms. The van der Waals surface area contributed by atoms with Gasteiger partial charge in [0.1, 0.15) is 0 Å². The summed E-state index contributed by atoms with van der Waals surface area (Å²) in [7, 11) is 0. The molecule has 0 spiro atoms. The van der Waals surface area contributed by atoms with Crippen molar-refractivity contribution in [1.82, 2.24) is 0 Å². The van der Waals surface area contributed by atoms with Crippen molar-refractivity contribution in [2.24, 2.45) is 5.92 Å². The van der Waals surface area contributed by atoms with Gasteiger partial charge in [0.15, 0.2) is 0 Å². The molecule has 3 rings (SSSR count). The molecule has 1 atom stereocenters. The first-order chi connectivity index (χ1) is 12.3. The van der Waals surface area contributed by atoms with Gasteiger partial charge in [-0.05, 0) is 37.3 Å². The summed E-state index contributed by atoms with van der Waals surface area (Å²) in [5.41, 5.74) is 1.55. The number of rotatable bonds is 4. The number of nitro benzene ring substituents is 1. The minimum atomic E-state index is -0.508. The summed E-state index contributed by atoms with van der Waals surface area (Å²) in [6.45, 7) is 1.91. The highest BCUT2D eigenvalue weighted by Gasteiger charge is 2.35. The minimum absolute atomic E-state index is 0.0539. The molecule has 8 heteroatoms. The van der Waals surface area contributed by atoms with E-state index in [2.05, 4.69) is 21.2 Å². The van der Waals surface area contributed by atoms with Crippen molar-refractivity contribution in [2.75, 3.05) is 16.8 Å². The number of nitro groups is 1. The van der Waals surface area contributed by atoms with Gasteiger partial charge in [0.05, 0.1) is 10.8 Å². The molecule has 134 valence electrons.